The van der Waals surface area contributed by atoms with Crippen LogP contribution < -0.4 is 5.32 Å². The van der Waals surface area contributed by atoms with E-state index in [4.69, 9.17) is 5.26 Å². The molecule has 2 rings (SSSR count). The second-order valence-electron chi connectivity index (χ2n) is 3.75. The van der Waals surface area contributed by atoms with E-state index in [0.29, 0.717) is 6.54 Å². The minimum Gasteiger partial charge on any atom is -0.351 e. The first-order valence-corrected chi connectivity index (χ1v) is 5.41. The van der Waals surface area contributed by atoms with E-state index < -0.39 is 0 Å². The number of hydrogen-bond donors (Lipinski definition) is 1. The van der Waals surface area contributed by atoms with Gasteiger partial charge in [-0.3, -0.25) is 4.79 Å². The molecule has 0 aromatic heterocycles. The summed E-state index contributed by atoms with van der Waals surface area (Å²) in [5.41, 5.74) is 1.06. The lowest BCUT2D eigenvalue weighted by Gasteiger charge is -2.07. The lowest BCUT2D eigenvalue weighted by molar-refractivity contribution is -0.120. The summed E-state index contributed by atoms with van der Waals surface area (Å²) in [7, 11) is 0. The van der Waals surface area contributed by atoms with Gasteiger partial charge >= 0.3 is 0 Å². The summed E-state index contributed by atoms with van der Waals surface area (Å²) in [6, 6.07) is 15.8. The Morgan fingerprint density at radius 3 is 2.76 bits per heavy atom. The van der Waals surface area contributed by atoms with Crippen molar-refractivity contribution in [3.05, 3.63) is 48.0 Å². The van der Waals surface area contributed by atoms with Crippen molar-refractivity contribution in [2.75, 3.05) is 0 Å². The van der Waals surface area contributed by atoms with Gasteiger partial charge in [-0.2, -0.15) is 5.26 Å². The molecule has 17 heavy (non-hydrogen) atoms. The molecule has 3 nitrogen and oxygen atoms in total. The van der Waals surface area contributed by atoms with Gasteiger partial charge < -0.3 is 5.32 Å². The maximum absolute atomic E-state index is 11.2. The highest BCUT2D eigenvalue weighted by Gasteiger charge is 2.02. The molecule has 1 N–H and O–H groups in total. The minimum atomic E-state index is -0.236. The summed E-state index contributed by atoms with van der Waals surface area (Å²) in [4.78, 5) is 11.2. The van der Waals surface area contributed by atoms with Crippen LogP contribution >= 0.6 is 0 Å². The van der Waals surface area contributed by atoms with Gasteiger partial charge in [0.25, 0.3) is 0 Å². The van der Waals surface area contributed by atoms with Crippen LogP contribution in [0.5, 0.6) is 0 Å². The fraction of sp³-hybridized carbons (Fsp3) is 0.143. The Hall–Kier alpha value is -2.34. The number of benzene rings is 2. The van der Waals surface area contributed by atoms with E-state index in [1.54, 1.807) is 0 Å². The lowest BCUT2D eigenvalue weighted by atomic mass is 10.0. The van der Waals surface area contributed by atoms with Crippen LogP contribution in [0.15, 0.2) is 42.5 Å². The molecule has 0 unspecified atom stereocenters. The Morgan fingerprint density at radius 1 is 1.18 bits per heavy atom. The van der Waals surface area contributed by atoms with Gasteiger partial charge in [0.1, 0.15) is 6.42 Å². The second-order valence-corrected chi connectivity index (χ2v) is 3.75. The normalized spacial score (nSPS) is 9.82. The number of nitrogens with one attached hydrogen (secondary N) is 1. The summed E-state index contributed by atoms with van der Waals surface area (Å²) in [6.45, 7) is 0.460. The molecule has 84 valence electrons. The molecule has 0 saturated carbocycles. The van der Waals surface area contributed by atoms with E-state index in [-0.39, 0.29) is 12.3 Å². The Labute approximate surface area is 99.7 Å². The molecule has 0 radical (unpaired) electrons. The number of rotatable bonds is 3. The standard InChI is InChI=1S/C14H12N2O/c15-9-8-14(17)16-10-12-6-3-5-11-4-1-2-7-13(11)12/h1-7H,8,10H2,(H,16,17). The number of carbonyl (C=O) groups excluding carboxylic acids is 1. The highest BCUT2D eigenvalue weighted by Crippen LogP contribution is 2.18. The molecule has 0 heterocycles. The molecule has 0 spiro atoms. The quantitative estimate of drug-likeness (QED) is 0.870. The Kier molecular flexibility index (Phi) is 3.37. The van der Waals surface area contributed by atoms with Crippen LogP contribution in [0.2, 0.25) is 0 Å². The number of nitriles is 1. The molecular formula is C14H12N2O. The average molecular weight is 224 g/mol. The first-order valence-electron chi connectivity index (χ1n) is 5.41. The van der Waals surface area contributed by atoms with E-state index in [0.717, 1.165) is 16.3 Å². The van der Waals surface area contributed by atoms with Crippen molar-refractivity contribution < 1.29 is 4.79 Å². The molecule has 0 aliphatic carbocycles. The van der Waals surface area contributed by atoms with Crippen molar-refractivity contribution in [2.24, 2.45) is 0 Å². The van der Waals surface area contributed by atoms with Crippen LogP contribution in [0.25, 0.3) is 10.8 Å². The van der Waals surface area contributed by atoms with Gasteiger partial charge in [-0.25, -0.2) is 0 Å². The van der Waals surface area contributed by atoms with Crippen molar-refractivity contribution >= 4 is 16.7 Å². The number of fused-ring (bicyclic) bond motifs is 1. The summed E-state index contributed by atoms with van der Waals surface area (Å²) < 4.78 is 0. The van der Waals surface area contributed by atoms with Crippen molar-refractivity contribution in [2.45, 2.75) is 13.0 Å². The first-order chi connectivity index (χ1) is 8.31. The van der Waals surface area contributed by atoms with Crippen LogP contribution in [-0.2, 0) is 11.3 Å². The third-order valence-corrected chi connectivity index (χ3v) is 2.60. The van der Waals surface area contributed by atoms with E-state index in [1.165, 1.54) is 0 Å². The number of amides is 1. The van der Waals surface area contributed by atoms with Crippen LogP contribution in [0.4, 0.5) is 0 Å². The minimum absolute atomic E-state index is 0.0925. The first kappa shape index (κ1) is 11.2. The van der Waals surface area contributed by atoms with E-state index in [2.05, 4.69) is 5.32 Å². The zero-order valence-electron chi connectivity index (χ0n) is 9.31. The zero-order chi connectivity index (χ0) is 12.1. The fourth-order valence-corrected chi connectivity index (χ4v) is 1.77. The number of nitrogens with zero attached hydrogens (tertiary/aromatic N) is 1. The lowest BCUT2D eigenvalue weighted by Crippen LogP contribution is -2.21. The molecule has 0 atom stereocenters. The van der Waals surface area contributed by atoms with Gasteiger partial charge in [0.15, 0.2) is 0 Å². The van der Waals surface area contributed by atoms with Gasteiger partial charge in [-0.1, -0.05) is 42.5 Å². The molecule has 0 aliphatic rings. The van der Waals surface area contributed by atoms with Crippen LogP contribution in [0.3, 0.4) is 0 Å². The van der Waals surface area contributed by atoms with Gasteiger partial charge in [0.05, 0.1) is 6.07 Å². The predicted molar refractivity (Wildman–Crippen MR) is 66.0 cm³/mol. The van der Waals surface area contributed by atoms with Crippen molar-refractivity contribution in [1.29, 1.82) is 5.26 Å². The molecule has 0 fully saturated rings. The molecule has 0 aliphatic heterocycles. The Morgan fingerprint density at radius 2 is 1.94 bits per heavy atom. The van der Waals surface area contributed by atoms with Crippen molar-refractivity contribution in [1.82, 2.24) is 5.32 Å². The monoisotopic (exact) mass is 224 g/mol. The third kappa shape index (κ3) is 2.61. The van der Waals surface area contributed by atoms with Gasteiger partial charge in [-0.05, 0) is 16.3 Å². The van der Waals surface area contributed by atoms with Crippen molar-refractivity contribution in [3.8, 4) is 6.07 Å². The maximum atomic E-state index is 11.2. The summed E-state index contributed by atoms with van der Waals surface area (Å²) >= 11 is 0. The summed E-state index contributed by atoms with van der Waals surface area (Å²) in [5.74, 6) is -0.236. The van der Waals surface area contributed by atoms with Gasteiger partial charge in [-0.15, -0.1) is 0 Å². The fourth-order valence-electron chi connectivity index (χ4n) is 1.77. The predicted octanol–water partition coefficient (Wildman–Crippen LogP) is 2.37. The third-order valence-electron chi connectivity index (χ3n) is 2.60. The van der Waals surface area contributed by atoms with E-state index in [1.807, 2.05) is 48.5 Å². The SMILES string of the molecule is N#CCC(=O)NCc1cccc2ccccc12. The van der Waals surface area contributed by atoms with Gasteiger partial charge in [0.2, 0.25) is 5.91 Å². The highest BCUT2D eigenvalue weighted by atomic mass is 16.1. The molecule has 3 heteroatoms. The molecule has 2 aromatic rings. The summed E-state index contributed by atoms with van der Waals surface area (Å²) in [5, 5.41) is 13.4. The van der Waals surface area contributed by atoms with E-state index in [9.17, 15) is 4.79 Å². The second kappa shape index (κ2) is 5.13. The molecule has 0 saturated heterocycles. The highest BCUT2D eigenvalue weighted by molar-refractivity contribution is 5.86. The molecule has 2 aromatic carbocycles. The zero-order valence-corrected chi connectivity index (χ0v) is 9.31. The number of carbonyl (C=O) groups is 1. The number of hydrogen-bond acceptors (Lipinski definition) is 2. The molecule has 1 amide bonds. The Balaban J connectivity index is 2.19. The molecule has 0 bridgehead atoms. The van der Waals surface area contributed by atoms with Crippen LogP contribution in [0, 0.1) is 11.3 Å². The largest absolute Gasteiger partial charge is 0.351 e. The van der Waals surface area contributed by atoms with E-state index >= 15 is 0 Å². The summed E-state index contributed by atoms with van der Waals surface area (Å²) in [6.07, 6.45) is -0.0925. The topological polar surface area (TPSA) is 52.9 Å². The van der Waals surface area contributed by atoms with Gasteiger partial charge in [0, 0.05) is 6.54 Å². The maximum Gasteiger partial charge on any atom is 0.234 e. The smallest absolute Gasteiger partial charge is 0.234 e. The Bertz CT molecular complexity index is 579. The van der Waals surface area contributed by atoms with Crippen LogP contribution in [0.1, 0.15) is 12.0 Å². The average Bonchev–Trinajstić information content (AvgIpc) is 2.36. The van der Waals surface area contributed by atoms with Crippen LogP contribution in [-0.4, -0.2) is 5.91 Å². The van der Waals surface area contributed by atoms with Crippen molar-refractivity contribution in [3.63, 3.8) is 0 Å². The molecular weight excluding hydrogens is 212 g/mol.